The van der Waals surface area contributed by atoms with Crippen molar-refractivity contribution in [2.45, 2.75) is 19.9 Å². The third-order valence-electron chi connectivity index (χ3n) is 3.90. The fourth-order valence-electron chi connectivity index (χ4n) is 2.60. The molecule has 2 amide bonds. The maximum absolute atomic E-state index is 13.5. The van der Waals surface area contributed by atoms with Crippen LogP contribution in [0.1, 0.15) is 25.5 Å². The lowest BCUT2D eigenvalue weighted by atomic mass is 9.93. The molecular formula is C16H18BrFN2O3. The van der Waals surface area contributed by atoms with Crippen molar-refractivity contribution in [1.82, 2.24) is 9.80 Å². The molecule has 0 radical (unpaired) electrons. The van der Waals surface area contributed by atoms with E-state index in [2.05, 4.69) is 15.9 Å². The van der Waals surface area contributed by atoms with Gasteiger partial charge in [0.15, 0.2) is 0 Å². The topological polar surface area (TPSA) is 49.9 Å². The molecule has 23 heavy (non-hydrogen) atoms. The summed E-state index contributed by atoms with van der Waals surface area (Å²) < 4.78 is 18.9. The normalized spacial score (nSPS) is 18.5. The highest BCUT2D eigenvalue weighted by molar-refractivity contribution is 9.10. The molecule has 0 aliphatic carbocycles. The summed E-state index contributed by atoms with van der Waals surface area (Å²) in [7, 11) is 3.20. The molecule has 0 bridgehead atoms. The van der Waals surface area contributed by atoms with E-state index in [1.54, 1.807) is 40.1 Å². The van der Waals surface area contributed by atoms with Crippen LogP contribution in [0.25, 0.3) is 0 Å². The van der Waals surface area contributed by atoms with Crippen LogP contribution < -0.4 is 0 Å². The van der Waals surface area contributed by atoms with Crippen molar-refractivity contribution < 1.29 is 18.7 Å². The zero-order valence-electron chi connectivity index (χ0n) is 13.4. The molecule has 2 rings (SSSR count). The van der Waals surface area contributed by atoms with Gasteiger partial charge in [-0.15, -0.1) is 0 Å². The van der Waals surface area contributed by atoms with Crippen molar-refractivity contribution in [3.63, 3.8) is 0 Å². The first-order valence-electron chi connectivity index (χ1n) is 7.12. The minimum atomic E-state index is -0.630. The van der Waals surface area contributed by atoms with E-state index in [1.165, 1.54) is 15.9 Å². The van der Waals surface area contributed by atoms with E-state index in [1.807, 2.05) is 0 Å². The Labute approximate surface area is 142 Å². The van der Waals surface area contributed by atoms with Gasteiger partial charge < -0.3 is 14.5 Å². The first-order valence-corrected chi connectivity index (χ1v) is 7.92. The van der Waals surface area contributed by atoms with E-state index < -0.39 is 17.8 Å². The van der Waals surface area contributed by atoms with Crippen molar-refractivity contribution in [1.29, 1.82) is 0 Å². The molecule has 0 saturated carbocycles. The highest BCUT2D eigenvalue weighted by Gasteiger charge is 2.39. The van der Waals surface area contributed by atoms with Crippen molar-refractivity contribution >= 4 is 27.9 Å². The van der Waals surface area contributed by atoms with Crippen LogP contribution in [-0.4, -0.2) is 42.5 Å². The van der Waals surface area contributed by atoms with Crippen LogP contribution in [0, 0.1) is 5.82 Å². The Morgan fingerprint density at radius 2 is 2.04 bits per heavy atom. The van der Waals surface area contributed by atoms with Crippen LogP contribution in [0.5, 0.6) is 0 Å². The number of nitrogens with zero attached hydrogens (tertiary/aromatic N) is 2. The Morgan fingerprint density at radius 1 is 1.39 bits per heavy atom. The van der Waals surface area contributed by atoms with Crippen molar-refractivity contribution in [3.8, 4) is 0 Å². The molecule has 0 unspecified atom stereocenters. The van der Waals surface area contributed by atoms with Gasteiger partial charge in [0, 0.05) is 19.8 Å². The number of halogens is 2. The van der Waals surface area contributed by atoms with Crippen molar-refractivity contribution in [2.24, 2.45) is 0 Å². The summed E-state index contributed by atoms with van der Waals surface area (Å²) in [5.74, 6) is -0.893. The van der Waals surface area contributed by atoms with Crippen LogP contribution in [0.2, 0.25) is 0 Å². The summed E-state index contributed by atoms with van der Waals surface area (Å²) >= 11 is 3.14. The summed E-state index contributed by atoms with van der Waals surface area (Å²) in [5, 5.41) is 0. The largest absolute Gasteiger partial charge is 0.463 e. The Bertz CT molecular complexity index is 690. The number of hydrogen-bond donors (Lipinski definition) is 0. The zero-order chi connectivity index (χ0) is 17.3. The number of urea groups is 1. The fourth-order valence-corrected chi connectivity index (χ4v) is 3.00. The summed E-state index contributed by atoms with van der Waals surface area (Å²) in [6.45, 7) is 3.65. The second-order valence-electron chi connectivity index (χ2n) is 5.25. The lowest BCUT2D eigenvalue weighted by Gasteiger charge is -2.39. The number of likely N-dealkylation sites (N-methyl/N-ethyl adjacent to an activating group) is 1. The molecule has 0 N–H and O–H groups in total. The Balaban J connectivity index is 2.61. The van der Waals surface area contributed by atoms with Crippen LogP contribution in [-0.2, 0) is 9.53 Å². The van der Waals surface area contributed by atoms with Gasteiger partial charge in [-0.1, -0.05) is 6.07 Å². The molecule has 7 heteroatoms. The number of carbonyl (C=O) groups excluding carboxylic acids is 2. The minimum absolute atomic E-state index is 0.233. The average Bonchev–Trinajstić information content (AvgIpc) is 2.51. The van der Waals surface area contributed by atoms with E-state index in [0.29, 0.717) is 16.8 Å². The van der Waals surface area contributed by atoms with Gasteiger partial charge in [-0.05, 0) is 47.5 Å². The summed E-state index contributed by atoms with van der Waals surface area (Å²) in [6, 6.07) is 3.55. The first kappa shape index (κ1) is 17.5. The molecule has 1 aromatic rings. The number of esters is 1. The van der Waals surface area contributed by atoms with Crippen LogP contribution in [0.3, 0.4) is 0 Å². The monoisotopic (exact) mass is 384 g/mol. The van der Waals surface area contributed by atoms with Gasteiger partial charge in [0.05, 0.1) is 22.7 Å². The molecule has 1 heterocycles. The van der Waals surface area contributed by atoms with Crippen LogP contribution in [0.4, 0.5) is 9.18 Å². The molecule has 5 nitrogen and oxygen atoms in total. The maximum atomic E-state index is 13.5. The standard InChI is InChI=1S/C16H18BrFN2O3/c1-5-23-15(21)13-9(2)19(3)16(22)20(4)14(13)10-6-7-12(18)11(17)8-10/h6-8,14H,5H2,1-4H3/t14-/m1/s1. The molecule has 0 fully saturated rings. The smallest absolute Gasteiger partial charge is 0.338 e. The molecule has 0 spiro atoms. The fraction of sp³-hybridized carbons (Fsp3) is 0.375. The molecule has 0 aromatic heterocycles. The number of amides is 2. The van der Waals surface area contributed by atoms with E-state index in [9.17, 15) is 14.0 Å². The Hall–Kier alpha value is -1.89. The number of allylic oxidation sites excluding steroid dienone is 1. The van der Waals surface area contributed by atoms with E-state index in [-0.39, 0.29) is 17.1 Å². The second kappa shape index (κ2) is 6.70. The Morgan fingerprint density at radius 3 is 2.61 bits per heavy atom. The summed E-state index contributed by atoms with van der Waals surface area (Å²) in [6.07, 6.45) is 0. The summed E-state index contributed by atoms with van der Waals surface area (Å²) in [4.78, 5) is 27.6. The zero-order valence-corrected chi connectivity index (χ0v) is 15.0. The maximum Gasteiger partial charge on any atom is 0.338 e. The third-order valence-corrected chi connectivity index (χ3v) is 4.50. The quantitative estimate of drug-likeness (QED) is 0.749. The van der Waals surface area contributed by atoms with Gasteiger partial charge in [0.1, 0.15) is 5.82 Å². The van der Waals surface area contributed by atoms with Gasteiger partial charge in [-0.2, -0.15) is 0 Å². The van der Waals surface area contributed by atoms with Crippen LogP contribution >= 0.6 is 15.9 Å². The van der Waals surface area contributed by atoms with Crippen molar-refractivity contribution in [2.75, 3.05) is 20.7 Å². The lowest BCUT2D eigenvalue weighted by Crippen LogP contribution is -2.47. The third kappa shape index (κ3) is 3.10. The molecule has 1 aliphatic rings. The van der Waals surface area contributed by atoms with Gasteiger partial charge in [-0.25, -0.2) is 14.0 Å². The lowest BCUT2D eigenvalue weighted by molar-refractivity contribution is -0.139. The van der Waals surface area contributed by atoms with Gasteiger partial charge >= 0.3 is 12.0 Å². The van der Waals surface area contributed by atoms with Gasteiger partial charge in [-0.3, -0.25) is 0 Å². The molecule has 124 valence electrons. The number of hydrogen-bond acceptors (Lipinski definition) is 3. The average molecular weight is 385 g/mol. The minimum Gasteiger partial charge on any atom is -0.463 e. The SMILES string of the molecule is CCOC(=O)C1=C(C)N(C)C(=O)N(C)[C@@H]1c1ccc(F)c(Br)c1. The van der Waals surface area contributed by atoms with E-state index >= 15 is 0 Å². The van der Waals surface area contributed by atoms with Gasteiger partial charge in [0.2, 0.25) is 0 Å². The second-order valence-corrected chi connectivity index (χ2v) is 6.10. The number of carbonyl (C=O) groups is 2. The molecule has 1 aliphatic heterocycles. The number of rotatable bonds is 3. The highest BCUT2D eigenvalue weighted by atomic mass is 79.9. The predicted octanol–water partition coefficient (Wildman–Crippen LogP) is 3.46. The molecule has 1 aromatic carbocycles. The molecule has 1 atom stereocenters. The van der Waals surface area contributed by atoms with Gasteiger partial charge in [0.25, 0.3) is 0 Å². The highest BCUT2D eigenvalue weighted by Crippen LogP contribution is 2.37. The van der Waals surface area contributed by atoms with Crippen molar-refractivity contribution in [3.05, 3.63) is 45.3 Å². The number of ether oxygens (including phenoxy) is 1. The first-order chi connectivity index (χ1) is 10.8. The Kier molecular flexibility index (Phi) is 5.09. The number of benzene rings is 1. The summed E-state index contributed by atoms with van der Waals surface area (Å²) in [5.41, 5.74) is 1.52. The van der Waals surface area contributed by atoms with E-state index in [0.717, 1.165) is 0 Å². The predicted molar refractivity (Wildman–Crippen MR) is 87.1 cm³/mol. The molecular weight excluding hydrogens is 367 g/mol. The van der Waals surface area contributed by atoms with Crippen LogP contribution in [0.15, 0.2) is 33.9 Å². The van der Waals surface area contributed by atoms with E-state index in [4.69, 9.17) is 4.74 Å². The molecule has 0 saturated heterocycles.